The zero-order chi connectivity index (χ0) is 17.9. The minimum Gasteiger partial charge on any atom is -0.380 e. The van der Waals surface area contributed by atoms with Gasteiger partial charge in [0.2, 0.25) is 0 Å². The van der Waals surface area contributed by atoms with E-state index in [1.165, 1.54) is 18.2 Å². The molecule has 0 aliphatic heterocycles. The van der Waals surface area contributed by atoms with Gasteiger partial charge >= 0.3 is 6.18 Å². The average molecular weight is 344 g/mol. The van der Waals surface area contributed by atoms with Crippen LogP contribution in [-0.4, -0.2) is 16.2 Å². The second-order valence-corrected chi connectivity index (χ2v) is 4.92. The minimum atomic E-state index is -4.86. The molecule has 2 N–H and O–H groups in total. The number of alkyl halides is 3. The SMILES string of the molecule is O=[N+]([O-])c1ccc(F)cc1CNc1ccccc1C(O)C(F)(F)F. The third kappa shape index (κ3) is 3.99. The fourth-order valence-corrected chi connectivity index (χ4v) is 2.14. The van der Waals surface area contributed by atoms with Crippen LogP contribution < -0.4 is 5.32 Å². The van der Waals surface area contributed by atoms with Crippen molar-refractivity contribution in [3.05, 3.63) is 69.5 Å². The summed E-state index contributed by atoms with van der Waals surface area (Å²) < 4.78 is 51.3. The summed E-state index contributed by atoms with van der Waals surface area (Å²) >= 11 is 0. The topological polar surface area (TPSA) is 75.4 Å². The number of rotatable bonds is 5. The summed E-state index contributed by atoms with van der Waals surface area (Å²) in [5.41, 5.74) is -0.876. The molecule has 0 aliphatic carbocycles. The summed E-state index contributed by atoms with van der Waals surface area (Å²) in [6.45, 7) is -0.282. The Kier molecular flexibility index (Phi) is 5.03. The average Bonchev–Trinajstić information content (AvgIpc) is 2.51. The lowest BCUT2D eigenvalue weighted by Crippen LogP contribution is -2.21. The van der Waals surface area contributed by atoms with Crippen LogP contribution in [0.15, 0.2) is 42.5 Å². The fourth-order valence-electron chi connectivity index (χ4n) is 2.14. The normalized spacial score (nSPS) is 12.7. The second-order valence-electron chi connectivity index (χ2n) is 4.92. The third-order valence-electron chi connectivity index (χ3n) is 3.27. The Morgan fingerprint density at radius 1 is 1.21 bits per heavy atom. The van der Waals surface area contributed by atoms with E-state index in [4.69, 9.17) is 0 Å². The summed E-state index contributed by atoms with van der Waals surface area (Å²) in [7, 11) is 0. The number of nitrogens with one attached hydrogen (secondary N) is 1. The molecule has 0 aliphatic rings. The molecule has 5 nitrogen and oxygen atoms in total. The summed E-state index contributed by atoms with van der Waals surface area (Å²) in [5, 5.41) is 22.9. The molecule has 0 radical (unpaired) electrons. The molecular formula is C15H12F4N2O3. The number of nitro benzene ring substituents is 1. The van der Waals surface area contributed by atoms with Crippen molar-refractivity contribution in [2.24, 2.45) is 0 Å². The molecule has 1 atom stereocenters. The predicted molar refractivity (Wildman–Crippen MR) is 77.8 cm³/mol. The predicted octanol–water partition coefficient (Wildman–Crippen LogP) is 3.94. The highest BCUT2D eigenvalue weighted by Crippen LogP contribution is 2.36. The van der Waals surface area contributed by atoms with Crippen LogP contribution in [-0.2, 0) is 6.54 Å². The van der Waals surface area contributed by atoms with Crippen molar-refractivity contribution in [2.45, 2.75) is 18.8 Å². The number of hydrogen-bond donors (Lipinski definition) is 2. The molecule has 24 heavy (non-hydrogen) atoms. The van der Waals surface area contributed by atoms with Crippen molar-refractivity contribution in [1.29, 1.82) is 0 Å². The Bertz CT molecular complexity index is 750. The van der Waals surface area contributed by atoms with Gasteiger partial charge in [-0.25, -0.2) is 4.39 Å². The minimum absolute atomic E-state index is 0.0312. The van der Waals surface area contributed by atoms with E-state index in [9.17, 15) is 32.8 Å². The Hall–Kier alpha value is -2.68. The molecule has 0 saturated carbocycles. The molecule has 0 fully saturated rings. The van der Waals surface area contributed by atoms with Crippen molar-refractivity contribution in [3.8, 4) is 0 Å². The molecule has 0 amide bonds. The maximum absolute atomic E-state index is 13.3. The number of para-hydroxylation sites is 1. The van der Waals surface area contributed by atoms with Crippen LogP contribution in [0.5, 0.6) is 0 Å². The first-order valence-electron chi connectivity index (χ1n) is 6.70. The van der Waals surface area contributed by atoms with Gasteiger partial charge < -0.3 is 10.4 Å². The molecule has 9 heteroatoms. The lowest BCUT2D eigenvalue weighted by molar-refractivity contribution is -0.385. The van der Waals surface area contributed by atoms with Crippen molar-refractivity contribution in [1.82, 2.24) is 0 Å². The van der Waals surface area contributed by atoms with Crippen LogP contribution in [0.4, 0.5) is 28.9 Å². The highest BCUT2D eigenvalue weighted by atomic mass is 19.4. The highest BCUT2D eigenvalue weighted by molar-refractivity contribution is 5.54. The van der Waals surface area contributed by atoms with Crippen LogP contribution >= 0.6 is 0 Å². The van der Waals surface area contributed by atoms with Gasteiger partial charge in [-0.1, -0.05) is 18.2 Å². The number of halogens is 4. The number of anilines is 1. The molecular weight excluding hydrogens is 332 g/mol. The van der Waals surface area contributed by atoms with Crippen LogP contribution in [0.1, 0.15) is 17.2 Å². The van der Waals surface area contributed by atoms with E-state index in [-0.39, 0.29) is 23.5 Å². The first-order valence-corrected chi connectivity index (χ1v) is 6.70. The van der Waals surface area contributed by atoms with Gasteiger partial charge in [-0.2, -0.15) is 13.2 Å². The standard InChI is InChI=1S/C15H12F4N2O3/c16-10-5-6-13(21(23)24)9(7-10)8-20-12-4-2-1-3-11(12)14(22)15(17,18)19/h1-7,14,20,22H,8H2. The van der Waals surface area contributed by atoms with E-state index in [0.29, 0.717) is 0 Å². The lowest BCUT2D eigenvalue weighted by Gasteiger charge is -2.19. The molecule has 1 unspecified atom stereocenters. The Morgan fingerprint density at radius 2 is 1.88 bits per heavy atom. The molecule has 2 rings (SSSR count). The number of benzene rings is 2. The van der Waals surface area contributed by atoms with Crippen molar-refractivity contribution in [3.63, 3.8) is 0 Å². The molecule has 0 heterocycles. The number of nitrogens with zero attached hydrogens (tertiary/aromatic N) is 1. The van der Waals surface area contributed by atoms with Crippen LogP contribution in [0, 0.1) is 15.9 Å². The first-order chi connectivity index (χ1) is 11.2. The van der Waals surface area contributed by atoms with Crippen molar-refractivity contribution < 1.29 is 27.6 Å². The number of hydrogen-bond acceptors (Lipinski definition) is 4. The van der Waals surface area contributed by atoms with Gasteiger partial charge in [0.05, 0.1) is 10.5 Å². The van der Waals surface area contributed by atoms with Crippen molar-refractivity contribution in [2.75, 3.05) is 5.32 Å². The maximum atomic E-state index is 13.3. The van der Waals surface area contributed by atoms with E-state index < -0.39 is 28.6 Å². The molecule has 0 spiro atoms. The maximum Gasteiger partial charge on any atom is 0.418 e. The Morgan fingerprint density at radius 3 is 2.50 bits per heavy atom. The lowest BCUT2D eigenvalue weighted by atomic mass is 10.1. The fraction of sp³-hybridized carbons (Fsp3) is 0.200. The molecule has 0 saturated heterocycles. The van der Waals surface area contributed by atoms with E-state index >= 15 is 0 Å². The van der Waals surface area contributed by atoms with Gasteiger partial charge in [0.25, 0.3) is 5.69 Å². The largest absolute Gasteiger partial charge is 0.418 e. The third-order valence-corrected chi connectivity index (χ3v) is 3.27. The van der Waals surface area contributed by atoms with Gasteiger partial charge in [0, 0.05) is 23.9 Å². The second kappa shape index (κ2) is 6.83. The van der Waals surface area contributed by atoms with E-state index in [1.54, 1.807) is 0 Å². The zero-order valence-electron chi connectivity index (χ0n) is 12.0. The Balaban J connectivity index is 2.28. The van der Waals surface area contributed by atoms with E-state index in [1.807, 2.05) is 0 Å². The smallest absolute Gasteiger partial charge is 0.380 e. The summed E-state index contributed by atoms with van der Waals surface area (Å²) in [6.07, 6.45) is -7.56. The Labute approximate surface area is 133 Å². The van der Waals surface area contributed by atoms with E-state index in [0.717, 1.165) is 24.3 Å². The van der Waals surface area contributed by atoms with Gasteiger partial charge in [0.15, 0.2) is 6.10 Å². The summed E-state index contributed by atoms with van der Waals surface area (Å²) in [4.78, 5) is 10.2. The molecule has 128 valence electrons. The van der Waals surface area contributed by atoms with Gasteiger partial charge in [0.1, 0.15) is 5.82 Å². The van der Waals surface area contributed by atoms with E-state index in [2.05, 4.69) is 5.32 Å². The van der Waals surface area contributed by atoms with Crippen molar-refractivity contribution >= 4 is 11.4 Å². The summed E-state index contributed by atoms with van der Waals surface area (Å²) in [6, 6.07) is 7.95. The van der Waals surface area contributed by atoms with Gasteiger partial charge in [-0.05, 0) is 18.2 Å². The molecule has 2 aromatic rings. The number of aliphatic hydroxyl groups is 1. The monoisotopic (exact) mass is 344 g/mol. The molecule has 0 aromatic heterocycles. The van der Waals surface area contributed by atoms with Gasteiger partial charge in [-0.15, -0.1) is 0 Å². The summed E-state index contributed by atoms with van der Waals surface area (Å²) in [5.74, 6) is -0.707. The number of aliphatic hydroxyl groups excluding tert-OH is 1. The quantitative estimate of drug-likeness (QED) is 0.489. The van der Waals surface area contributed by atoms with Crippen LogP contribution in [0.25, 0.3) is 0 Å². The molecule has 2 aromatic carbocycles. The zero-order valence-corrected chi connectivity index (χ0v) is 12.0. The highest BCUT2D eigenvalue weighted by Gasteiger charge is 2.40. The van der Waals surface area contributed by atoms with Gasteiger partial charge in [-0.3, -0.25) is 10.1 Å². The first kappa shape index (κ1) is 17.7. The van der Waals surface area contributed by atoms with Crippen LogP contribution in [0.3, 0.4) is 0 Å². The number of nitro groups is 1. The van der Waals surface area contributed by atoms with Crippen LogP contribution in [0.2, 0.25) is 0 Å². The molecule has 0 bridgehead atoms.